The van der Waals surface area contributed by atoms with Gasteiger partial charge in [0.15, 0.2) is 0 Å². The van der Waals surface area contributed by atoms with Gasteiger partial charge >= 0.3 is 13.8 Å². The molecule has 0 saturated heterocycles. The van der Waals surface area contributed by atoms with E-state index in [0.29, 0.717) is 23.9 Å². The minimum Gasteiger partial charge on any atom is -0.456 e. The molecule has 0 heterocycles. The number of nitrogens with zero attached hydrogens (tertiary/aromatic N) is 1. The van der Waals surface area contributed by atoms with Gasteiger partial charge in [0.05, 0.1) is 33.8 Å². The molecule has 494 valence electrons. The summed E-state index contributed by atoms with van der Waals surface area (Å²) in [5.41, 5.74) is 0. The van der Waals surface area contributed by atoms with Gasteiger partial charge in [-0.3, -0.25) is 18.6 Å². The van der Waals surface area contributed by atoms with Crippen molar-refractivity contribution in [2.75, 3.05) is 40.9 Å². The molecule has 0 spiro atoms. The number of ether oxygens (including phenoxy) is 1. The topological polar surface area (TPSA) is 111 Å². The Balaban J connectivity index is 5.15. The number of hydrogen-bond acceptors (Lipinski definition) is 6. The van der Waals surface area contributed by atoms with Crippen LogP contribution in [0.15, 0.2) is 122 Å². The fourth-order valence-corrected chi connectivity index (χ4v) is 10.5. The molecule has 0 aromatic rings. The number of nitrogens with one attached hydrogen (secondary N) is 1. The van der Waals surface area contributed by atoms with Gasteiger partial charge in [0.1, 0.15) is 19.3 Å². The normalized spacial score (nSPS) is 14.3. The average molecular weight is 1220 g/mol. The van der Waals surface area contributed by atoms with Crippen molar-refractivity contribution in [1.82, 2.24) is 5.32 Å². The Morgan fingerprint density at radius 2 is 0.744 bits per heavy atom. The predicted octanol–water partition coefficient (Wildman–Crippen LogP) is 22.6. The maximum absolute atomic E-state index is 13.6. The molecule has 0 bridgehead atoms. The quantitative estimate of drug-likeness (QED) is 0.0205. The van der Waals surface area contributed by atoms with Crippen LogP contribution in [-0.2, 0) is 27.9 Å². The second kappa shape index (κ2) is 64.4. The number of unbranched alkanes of at least 4 members (excludes halogenated alkanes) is 29. The summed E-state index contributed by atoms with van der Waals surface area (Å²) in [5, 5.41) is 3.05. The van der Waals surface area contributed by atoms with E-state index in [2.05, 4.69) is 135 Å². The van der Waals surface area contributed by atoms with Crippen LogP contribution in [0.2, 0.25) is 0 Å². The monoisotopic (exact) mass is 1220 g/mol. The molecule has 0 saturated carbocycles. The molecular weight excluding hydrogens is 1080 g/mol. The third-order valence-electron chi connectivity index (χ3n) is 15.1. The first-order valence-corrected chi connectivity index (χ1v) is 36.9. The van der Waals surface area contributed by atoms with E-state index >= 15 is 0 Å². The lowest BCUT2D eigenvalue weighted by Gasteiger charge is -2.27. The Bertz CT molecular complexity index is 1890. The molecule has 0 aliphatic rings. The number of quaternary nitrogens is 1. The van der Waals surface area contributed by atoms with E-state index in [1.54, 1.807) is 0 Å². The van der Waals surface area contributed by atoms with E-state index in [-0.39, 0.29) is 31.5 Å². The van der Waals surface area contributed by atoms with Gasteiger partial charge in [-0.1, -0.05) is 284 Å². The van der Waals surface area contributed by atoms with Crippen LogP contribution >= 0.6 is 7.82 Å². The van der Waals surface area contributed by atoms with Gasteiger partial charge in [0.25, 0.3) is 0 Å². The van der Waals surface area contributed by atoms with Gasteiger partial charge in [0, 0.05) is 12.8 Å². The average Bonchev–Trinajstić information content (AvgIpc) is 3.66. The van der Waals surface area contributed by atoms with Crippen LogP contribution in [-0.4, -0.2) is 74.3 Å². The number of carbonyl (C=O) groups is 2. The summed E-state index contributed by atoms with van der Waals surface area (Å²) in [4.78, 5) is 37.9. The lowest BCUT2D eigenvalue weighted by molar-refractivity contribution is -0.870. The van der Waals surface area contributed by atoms with E-state index in [1.807, 2.05) is 33.3 Å². The number of phosphoric acid groups is 1. The van der Waals surface area contributed by atoms with Crippen molar-refractivity contribution < 1.29 is 37.3 Å². The Morgan fingerprint density at radius 3 is 1.14 bits per heavy atom. The van der Waals surface area contributed by atoms with E-state index < -0.39 is 20.0 Å². The van der Waals surface area contributed by atoms with Crippen LogP contribution in [0.1, 0.15) is 297 Å². The Labute approximate surface area is 531 Å². The summed E-state index contributed by atoms with van der Waals surface area (Å²) < 4.78 is 30.8. The highest BCUT2D eigenvalue weighted by Crippen LogP contribution is 2.43. The Morgan fingerprint density at radius 1 is 0.419 bits per heavy atom. The molecule has 0 aliphatic carbocycles. The van der Waals surface area contributed by atoms with Crippen molar-refractivity contribution in [3.05, 3.63) is 122 Å². The summed E-state index contributed by atoms with van der Waals surface area (Å²) in [6.45, 7) is 6.86. The molecule has 86 heavy (non-hydrogen) atoms. The number of rotatable bonds is 63. The number of amides is 1. The standard InChI is InChI=1S/C76H133N2O7P/c1-7-10-13-16-19-22-25-28-30-32-34-36-38-39-41-43-45-47-49-51-54-57-60-63-66-69-76(80)85-74(67-64-61-58-55-52-27-24-21-18-15-12-9-3)73(72-84-86(81,82)83-71-70-78(4,5)6)77-75(79)68-65-62-59-56-53-50-48-46-44-42-40-37-35-33-31-29-26-23-20-17-14-11-8-2/h11,14,19-20,22-23,28-31,34-37,42,44,48,50,64,67,73-74H,7-10,12-13,15-18,21,24-27,32-33,38-41,43,45-47,49,51-63,65-66,68-72H2,1-6H3,(H-,77,79,81,82)/p+1/b14-11-,22-19-,23-20-,30-28-,31-29-,36-34-,37-35-,44-42-,50-48-,67-64+. The Hall–Kier alpha value is -3.59. The van der Waals surface area contributed by atoms with Crippen molar-refractivity contribution >= 4 is 19.7 Å². The van der Waals surface area contributed by atoms with Crippen LogP contribution < -0.4 is 5.32 Å². The van der Waals surface area contributed by atoms with Crippen LogP contribution in [0.3, 0.4) is 0 Å². The number of carbonyl (C=O) groups excluding carboxylic acids is 2. The summed E-state index contributed by atoms with van der Waals surface area (Å²) in [5.74, 6) is -0.538. The number of phosphoric ester groups is 1. The number of esters is 1. The van der Waals surface area contributed by atoms with Gasteiger partial charge in [-0.05, 0) is 122 Å². The Kier molecular flexibility index (Phi) is 61.7. The minimum atomic E-state index is -4.47. The second-order valence-electron chi connectivity index (χ2n) is 24.7. The largest absolute Gasteiger partial charge is 0.472 e. The predicted molar refractivity (Wildman–Crippen MR) is 373 cm³/mol. The van der Waals surface area contributed by atoms with Crippen molar-refractivity contribution in [3.8, 4) is 0 Å². The highest BCUT2D eigenvalue weighted by molar-refractivity contribution is 7.47. The smallest absolute Gasteiger partial charge is 0.456 e. The van der Waals surface area contributed by atoms with Crippen molar-refractivity contribution in [1.29, 1.82) is 0 Å². The third kappa shape index (κ3) is 64.9. The summed E-state index contributed by atoms with van der Waals surface area (Å²) in [6.07, 6.45) is 90.6. The molecular formula is C76H134N2O7P+. The first kappa shape index (κ1) is 82.4. The zero-order valence-electron chi connectivity index (χ0n) is 56.5. The van der Waals surface area contributed by atoms with Crippen molar-refractivity contribution in [3.63, 3.8) is 0 Å². The lowest BCUT2D eigenvalue weighted by atomic mass is 10.0. The zero-order valence-corrected chi connectivity index (χ0v) is 57.4. The lowest BCUT2D eigenvalue weighted by Crippen LogP contribution is -2.47. The zero-order chi connectivity index (χ0) is 62.8. The molecule has 3 atom stereocenters. The van der Waals surface area contributed by atoms with Gasteiger partial charge < -0.3 is 19.4 Å². The summed E-state index contributed by atoms with van der Waals surface area (Å²) >= 11 is 0. The molecule has 1 amide bonds. The highest BCUT2D eigenvalue weighted by atomic mass is 31.2. The molecule has 9 nitrogen and oxygen atoms in total. The molecule has 0 rings (SSSR count). The molecule has 0 aromatic carbocycles. The number of likely N-dealkylation sites (N-methyl/N-ethyl adjacent to an activating group) is 1. The maximum Gasteiger partial charge on any atom is 0.472 e. The molecule has 0 aromatic heterocycles. The van der Waals surface area contributed by atoms with E-state index in [0.717, 1.165) is 116 Å². The number of allylic oxidation sites excluding steroid dienone is 19. The molecule has 10 heteroatoms. The fraction of sp³-hybridized carbons (Fsp3) is 0.711. The number of hydrogen-bond donors (Lipinski definition) is 2. The fourth-order valence-electron chi connectivity index (χ4n) is 9.72. The van der Waals surface area contributed by atoms with Gasteiger partial charge in [-0.15, -0.1) is 0 Å². The third-order valence-corrected chi connectivity index (χ3v) is 16.1. The highest BCUT2D eigenvalue weighted by Gasteiger charge is 2.30. The summed E-state index contributed by atoms with van der Waals surface area (Å²) in [7, 11) is 1.47. The maximum atomic E-state index is 13.6. The minimum absolute atomic E-state index is 0.0289. The van der Waals surface area contributed by atoms with E-state index in [9.17, 15) is 19.0 Å². The van der Waals surface area contributed by atoms with Crippen molar-refractivity contribution in [2.45, 2.75) is 309 Å². The van der Waals surface area contributed by atoms with E-state index in [4.69, 9.17) is 13.8 Å². The van der Waals surface area contributed by atoms with Crippen molar-refractivity contribution in [2.24, 2.45) is 0 Å². The van der Waals surface area contributed by atoms with Crippen LogP contribution in [0.4, 0.5) is 0 Å². The summed E-state index contributed by atoms with van der Waals surface area (Å²) in [6, 6.07) is -0.872. The molecule has 3 unspecified atom stereocenters. The van der Waals surface area contributed by atoms with E-state index in [1.165, 1.54) is 141 Å². The van der Waals surface area contributed by atoms with Crippen LogP contribution in [0.5, 0.6) is 0 Å². The van der Waals surface area contributed by atoms with Gasteiger partial charge in [-0.2, -0.15) is 0 Å². The molecule has 0 aliphatic heterocycles. The molecule has 0 fully saturated rings. The first-order chi connectivity index (χ1) is 41.9. The molecule has 0 radical (unpaired) electrons. The first-order valence-electron chi connectivity index (χ1n) is 35.4. The second-order valence-corrected chi connectivity index (χ2v) is 26.1. The van der Waals surface area contributed by atoms with Gasteiger partial charge in [0.2, 0.25) is 5.91 Å². The van der Waals surface area contributed by atoms with Gasteiger partial charge in [-0.25, -0.2) is 4.57 Å². The molecule has 2 N–H and O–H groups in total. The van der Waals surface area contributed by atoms with Crippen LogP contribution in [0.25, 0.3) is 0 Å². The van der Waals surface area contributed by atoms with Crippen LogP contribution in [0, 0.1) is 0 Å². The SMILES string of the molecule is CC/C=C\C/C=C\C/C=C\C/C=C\C/C=C\C/C=C\CCCCCCC(=O)NC(COP(=O)(O)OCC[N+](C)(C)C)C(/C=C/CCCCCCCCCCCC)OC(=O)CCCCCCCCCCCCCC/C=C\C/C=C\C/C=C\CCCCC.